The molecule has 0 spiro atoms. The van der Waals surface area contributed by atoms with E-state index in [4.69, 9.17) is 0 Å². The number of unbranched alkanes of at least 4 members (excludes halogenated alkanes) is 4. The molecule has 0 saturated heterocycles. The van der Waals surface area contributed by atoms with Crippen LogP contribution in [0.2, 0.25) is 19.6 Å². The van der Waals surface area contributed by atoms with Crippen LogP contribution in [0.3, 0.4) is 0 Å². The van der Waals surface area contributed by atoms with Gasteiger partial charge in [0.1, 0.15) is 0 Å². The van der Waals surface area contributed by atoms with Crippen molar-refractivity contribution in [2.45, 2.75) is 58.7 Å². The number of allylic oxidation sites excluding steroid dienone is 1. The molecule has 0 amide bonds. The van der Waals surface area contributed by atoms with Crippen LogP contribution in [0.5, 0.6) is 0 Å². The first-order chi connectivity index (χ1) is 9.04. The van der Waals surface area contributed by atoms with Gasteiger partial charge in [-0.25, -0.2) is 0 Å². The van der Waals surface area contributed by atoms with Gasteiger partial charge in [0, 0.05) is 0 Å². The molecule has 19 heavy (non-hydrogen) atoms. The summed E-state index contributed by atoms with van der Waals surface area (Å²) in [5, 5.41) is 0. The van der Waals surface area contributed by atoms with Crippen molar-refractivity contribution in [3.63, 3.8) is 0 Å². The average Bonchev–Trinajstić information content (AvgIpc) is 2.37. The van der Waals surface area contributed by atoms with Gasteiger partial charge in [-0.3, -0.25) is 0 Å². The zero-order chi connectivity index (χ0) is 14.1. The Morgan fingerprint density at radius 1 is 1.05 bits per heavy atom. The van der Waals surface area contributed by atoms with Crippen LogP contribution in [0.4, 0.5) is 0 Å². The van der Waals surface area contributed by atoms with Crippen LogP contribution in [-0.2, 0) is 0 Å². The van der Waals surface area contributed by atoms with Gasteiger partial charge in [-0.05, 0) is 0 Å². The fraction of sp³-hybridized carbons (Fsp3) is 0.529. The molecule has 0 atom stereocenters. The van der Waals surface area contributed by atoms with E-state index in [1.54, 1.807) is 3.61 Å². The molecule has 0 bridgehead atoms. The molecule has 0 N–H and O–H groups in total. The monoisotopic (exact) mass is 390 g/mol. The Morgan fingerprint density at radius 2 is 1.74 bits per heavy atom. The van der Waals surface area contributed by atoms with Gasteiger partial charge >= 0.3 is 131 Å². The van der Waals surface area contributed by atoms with Crippen molar-refractivity contribution in [1.29, 1.82) is 0 Å². The maximum absolute atomic E-state index is 2.61. The Kier molecular flexibility index (Phi) is 8.07. The molecule has 1 aromatic carbocycles. The fourth-order valence-corrected chi connectivity index (χ4v) is 8.53. The van der Waals surface area contributed by atoms with E-state index in [0.717, 1.165) is 0 Å². The third-order valence-corrected chi connectivity index (χ3v) is 13.3. The van der Waals surface area contributed by atoms with Crippen LogP contribution in [0.15, 0.2) is 39.7 Å². The van der Waals surface area contributed by atoms with Gasteiger partial charge in [0.15, 0.2) is 0 Å². The van der Waals surface area contributed by atoms with Crippen LogP contribution in [0.1, 0.15) is 39.0 Å². The summed E-state index contributed by atoms with van der Waals surface area (Å²) in [7, 11) is -1.12. The van der Waals surface area contributed by atoms with Gasteiger partial charge in [0.2, 0.25) is 0 Å². The van der Waals surface area contributed by atoms with E-state index in [2.05, 4.69) is 63.0 Å². The number of hydrogen-bond acceptors (Lipinski definition) is 0. The molecule has 0 fully saturated rings. The fourth-order valence-electron chi connectivity index (χ4n) is 1.92. The van der Waals surface area contributed by atoms with Crippen LogP contribution < -0.4 is 3.61 Å². The molecule has 106 valence electrons. The molecule has 1 rings (SSSR count). The summed E-state index contributed by atoms with van der Waals surface area (Å²) in [5.41, 5.74) is 0. The number of hydrogen-bond donors (Lipinski definition) is 0. The molecule has 0 heterocycles. The molecule has 1 aromatic rings. The predicted octanol–water partition coefficient (Wildman–Crippen LogP) is 4.75. The second-order valence-corrected chi connectivity index (χ2v) is 15.4. The summed E-state index contributed by atoms with van der Waals surface area (Å²) in [4.78, 5) is 0. The standard InChI is InChI=1S/C17H28SiTe/c1-5-6-7-8-12-15-17(18(2,3)4)19-16-13-10-9-11-14-16/h9-11,13-15H,5-8,12H2,1-4H3/b17-15+. The number of benzene rings is 1. The Bertz CT molecular complexity index is 376. The van der Waals surface area contributed by atoms with Gasteiger partial charge in [-0.1, -0.05) is 0 Å². The second-order valence-electron chi connectivity index (χ2n) is 6.08. The summed E-state index contributed by atoms with van der Waals surface area (Å²) >= 11 is -0.130. The van der Waals surface area contributed by atoms with Crippen LogP contribution >= 0.6 is 0 Å². The summed E-state index contributed by atoms with van der Waals surface area (Å²) < 4.78 is 3.44. The van der Waals surface area contributed by atoms with Crippen LogP contribution in [-0.4, -0.2) is 29.0 Å². The van der Waals surface area contributed by atoms with Gasteiger partial charge < -0.3 is 0 Å². The molecular weight excluding hydrogens is 360 g/mol. The molecule has 0 aliphatic carbocycles. The second kappa shape index (κ2) is 9.00. The van der Waals surface area contributed by atoms with Crippen molar-refractivity contribution in [2.24, 2.45) is 0 Å². The maximum atomic E-state index is 2.61. The van der Waals surface area contributed by atoms with Gasteiger partial charge in [-0.2, -0.15) is 0 Å². The molecule has 0 aliphatic rings. The summed E-state index contributed by atoms with van der Waals surface area (Å²) in [6, 6.07) is 11.1. The van der Waals surface area contributed by atoms with Crippen LogP contribution in [0.25, 0.3) is 0 Å². The summed E-state index contributed by atoms with van der Waals surface area (Å²) in [6.07, 6.45) is 9.42. The predicted molar refractivity (Wildman–Crippen MR) is 92.0 cm³/mol. The third kappa shape index (κ3) is 7.35. The van der Waals surface area contributed by atoms with E-state index in [1.165, 1.54) is 32.1 Å². The molecule has 0 saturated carbocycles. The number of rotatable bonds is 8. The van der Waals surface area contributed by atoms with Gasteiger partial charge in [0.25, 0.3) is 0 Å². The van der Waals surface area contributed by atoms with Crippen molar-refractivity contribution >= 4 is 32.6 Å². The third-order valence-electron chi connectivity index (χ3n) is 3.10. The Morgan fingerprint density at radius 3 is 2.32 bits per heavy atom. The zero-order valence-electron chi connectivity index (χ0n) is 12.9. The molecule has 0 aromatic heterocycles. The van der Waals surface area contributed by atoms with E-state index in [9.17, 15) is 0 Å². The Hall–Kier alpha value is -0.0335. The van der Waals surface area contributed by atoms with E-state index in [-0.39, 0.29) is 20.9 Å². The van der Waals surface area contributed by atoms with E-state index < -0.39 is 8.07 Å². The van der Waals surface area contributed by atoms with E-state index >= 15 is 0 Å². The minimum atomic E-state index is -1.12. The first-order valence-electron chi connectivity index (χ1n) is 7.47. The van der Waals surface area contributed by atoms with Gasteiger partial charge in [0.05, 0.1) is 0 Å². The van der Waals surface area contributed by atoms with Crippen LogP contribution in [0, 0.1) is 0 Å². The van der Waals surface area contributed by atoms with Crippen molar-refractivity contribution in [3.8, 4) is 0 Å². The molecular formula is C17H28SiTe. The van der Waals surface area contributed by atoms with Crippen molar-refractivity contribution in [1.82, 2.24) is 0 Å². The van der Waals surface area contributed by atoms with Gasteiger partial charge in [-0.15, -0.1) is 0 Å². The minimum absolute atomic E-state index is 0.130. The molecule has 0 nitrogen and oxygen atoms in total. The SMILES string of the molecule is CCCCCC/C=C(/[Te]c1ccccc1)[Si](C)(C)C. The zero-order valence-corrected chi connectivity index (χ0v) is 16.2. The summed E-state index contributed by atoms with van der Waals surface area (Å²) in [6.45, 7) is 9.78. The van der Waals surface area contributed by atoms with E-state index in [0.29, 0.717) is 0 Å². The Balaban J connectivity index is 2.60. The molecule has 2 heteroatoms. The average molecular weight is 388 g/mol. The van der Waals surface area contributed by atoms with E-state index in [1.807, 2.05) is 3.24 Å². The van der Waals surface area contributed by atoms with Crippen molar-refractivity contribution in [2.75, 3.05) is 0 Å². The van der Waals surface area contributed by atoms with Crippen molar-refractivity contribution < 1.29 is 0 Å². The first-order valence-corrected chi connectivity index (χ1v) is 13.3. The molecule has 0 aliphatic heterocycles. The summed E-state index contributed by atoms with van der Waals surface area (Å²) in [5.74, 6) is 0. The first kappa shape index (κ1) is 17.0. The molecule has 0 radical (unpaired) electrons. The topological polar surface area (TPSA) is 0 Å². The molecule has 0 unspecified atom stereocenters. The van der Waals surface area contributed by atoms with Crippen molar-refractivity contribution in [3.05, 3.63) is 39.7 Å². The quantitative estimate of drug-likeness (QED) is 0.446. The normalized spacial score (nSPS) is 12.7. The Labute approximate surface area is 130 Å².